The first kappa shape index (κ1) is 17.3. The van der Waals surface area contributed by atoms with Gasteiger partial charge in [0.1, 0.15) is 0 Å². The normalized spacial score (nSPS) is 29.4. The number of rotatable bonds is 2. The maximum Gasteiger partial charge on any atom is 0.226 e. The second-order valence-electron chi connectivity index (χ2n) is 8.63. The summed E-state index contributed by atoms with van der Waals surface area (Å²) in [7, 11) is 0. The molecule has 3 heteroatoms. The number of carbonyl (C=O) groups is 1. The molecule has 1 heterocycles. The third kappa shape index (κ3) is 3.18. The minimum Gasteiger partial charge on any atom is -0.331 e. The van der Waals surface area contributed by atoms with Crippen molar-refractivity contribution >= 4 is 17.5 Å². The third-order valence-electron chi connectivity index (χ3n) is 7.11. The molecule has 1 amide bonds. The maximum absolute atomic E-state index is 13.6. The lowest BCUT2D eigenvalue weighted by atomic mass is 9.88. The predicted octanol–water partition coefficient (Wildman–Crippen LogP) is 5.79. The zero-order chi connectivity index (χ0) is 18.4. The zero-order valence-electron chi connectivity index (χ0n) is 15.6. The molecule has 0 saturated heterocycles. The molecule has 0 N–H and O–H groups in total. The van der Waals surface area contributed by atoms with Gasteiger partial charge in [-0.2, -0.15) is 0 Å². The van der Waals surface area contributed by atoms with Crippen LogP contribution in [0.2, 0.25) is 5.02 Å². The number of fused-ring (bicyclic) bond motifs is 2. The lowest BCUT2D eigenvalue weighted by Crippen LogP contribution is -2.41. The van der Waals surface area contributed by atoms with Gasteiger partial charge < -0.3 is 4.90 Å². The average molecular weight is 380 g/mol. The Bertz CT molecular complexity index is 837. The molecule has 140 valence electrons. The van der Waals surface area contributed by atoms with Crippen LogP contribution in [0.25, 0.3) is 0 Å². The van der Waals surface area contributed by atoms with Gasteiger partial charge in [0.15, 0.2) is 0 Å². The number of hydrogen-bond donors (Lipinski definition) is 0. The van der Waals surface area contributed by atoms with Crippen LogP contribution in [-0.2, 0) is 17.8 Å². The summed E-state index contributed by atoms with van der Waals surface area (Å²) < 4.78 is 0. The van der Waals surface area contributed by atoms with E-state index in [1.807, 2.05) is 18.2 Å². The lowest BCUT2D eigenvalue weighted by Gasteiger charge is -2.39. The topological polar surface area (TPSA) is 20.3 Å². The summed E-state index contributed by atoms with van der Waals surface area (Å²) in [6, 6.07) is 16.8. The molecule has 2 aliphatic carbocycles. The third-order valence-corrected chi connectivity index (χ3v) is 7.34. The van der Waals surface area contributed by atoms with E-state index in [4.69, 9.17) is 11.6 Å². The van der Waals surface area contributed by atoms with Crippen LogP contribution in [0, 0.1) is 17.8 Å². The number of benzene rings is 2. The van der Waals surface area contributed by atoms with Gasteiger partial charge in [-0.25, -0.2) is 0 Å². The van der Waals surface area contributed by atoms with Crippen LogP contribution in [0.15, 0.2) is 48.5 Å². The van der Waals surface area contributed by atoms with E-state index in [-0.39, 0.29) is 12.0 Å². The molecular formula is C24H26ClNO. The van der Waals surface area contributed by atoms with Gasteiger partial charge in [0, 0.05) is 17.5 Å². The standard InChI is InChI=1S/C24H26ClNO/c25-22-10-9-19-14-23(16-5-2-1-3-6-16)26(15-21(19)13-22)24(27)20-11-17-7-4-8-18(17)12-20/h1-3,5-6,9-10,13,17-18,20,23H,4,7-8,11-12,14-15H2. The SMILES string of the molecule is O=C(C1CC2CCCC2C1)N1Cc2cc(Cl)ccc2CC1c1ccccc1. The Morgan fingerprint density at radius 2 is 1.70 bits per heavy atom. The van der Waals surface area contributed by atoms with Crippen molar-refractivity contribution in [2.75, 3.05) is 0 Å². The van der Waals surface area contributed by atoms with E-state index in [1.165, 1.54) is 36.0 Å². The highest BCUT2D eigenvalue weighted by atomic mass is 35.5. The van der Waals surface area contributed by atoms with Crippen molar-refractivity contribution in [1.29, 1.82) is 0 Å². The van der Waals surface area contributed by atoms with Gasteiger partial charge in [-0.15, -0.1) is 0 Å². The molecule has 1 aliphatic heterocycles. The van der Waals surface area contributed by atoms with Crippen LogP contribution < -0.4 is 0 Å². The summed E-state index contributed by atoms with van der Waals surface area (Å²) >= 11 is 6.25. The molecule has 3 atom stereocenters. The Morgan fingerprint density at radius 3 is 2.44 bits per heavy atom. The molecule has 3 aliphatic rings. The molecule has 2 aromatic carbocycles. The molecular weight excluding hydrogens is 354 g/mol. The summed E-state index contributed by atoms with van der Waals surface area (Å²) in [5.74, 6) is 2.16. The van der Waals surface area contributed by atoms with Gasteiger partial charge in [-0.1, -0.05) is 67.3 Å². The summed E-state index contributed by atoms with van der Waals surface area (Å²) in [5, 5.41) is 0.759. The number of carbonyl (C=O) groups excluding carboxylic acids is 1. The molecule has 0 radical (unpaired) electrons. The smallest absolute Gasteiger partial charge is 0.226 e. The van der Waals surface area contributed by atoms with Crippen molar-refractivity contribution in [1.82, 2.24) is 4.90 Å². The second kappa shape index (κ2) is 6.98. The fourth-order valence-electron chi connectivity index (χ4n) is 5.76. The lowest BCUT2D eigenvalue weighted by molar-refractivity contribution is -0.139. The van der Waals surface area contributed by atoms with Gasteiger partial charge in [0.2, 0.25) is 5.91 Å². The van der Waals surface area contributed by atoms with Crippen LogP contribution in [0.1, 0.15) is 54.8 Å². The summed E-state index contributed by atoms with van der Waals surface area (Å²) in [6.07, 6.45) is 7.10. The monoisotopic (exact) mass is 379 g/mol. The first-order valence-corrected chi connectivity index (χ1v) is 10.7. The van der Waals surface area contributed by atoms with E-state index < -0.39 is 0 Å². The minimum atomic E-state index is 0.132. The van der Waals surface area contributed by atoms with Gasteiger partial charge >= 0.3 is 0 Å². The fraction of sp³-hybridized carbons (Fsp3) is 0.458. The van der Waals surface area contributed by atoms with Crippen molar-refractivity contribution < 1.29 is 4.79 Å². The van der Waals surface area contributed by atoms with Crippen LogP contribution in [0.3, 0.4) is 0 Å². The van der Waals surface area contributed by atoms with Crippen LogP contribution in [0.5, 0.6) is 0 Å². The Morgan fingerprint density at radius 1 is 0.963 bits per heavy atom. The van der Waals surface area contributed by atoms with Crippen LogP contribution in [0.4, 0.5) is 0 Å². The molecule has 3 unspecified atom stereocenters. The molecule has 2 nitrogen and oxygen atoms in total. The van der Waals surface area contributed by atoms with Crippen molar-refractivity contribution in [3.63, 3.8) is 0 Å². The highest BCUT2D eigenvalue weighted by Crippen LogP contribution is 2.48. The van der Waals surface area contributed by atoms with E-state index in [9.17, 15) is 4.79 Å². The van der Waals surface area contributed by atoms with E-state index in [0.29, 0.717) is 12.5 Å². The summed E-state index contributed by atoms with van der Waals surface area (Å²) in [5.41, 5.74) is 3.77. The summed E-state index contributed by atoms with van der Waals surface area (Å²) in [6.45, 7) is 0.681. The molecule has 2 saturated carbocycles. The minimum absolute atomic E-state index is 0.132. The first-order valence-electron chi connectivity index (χ1n) is 10.3. The Balaban J connectivity index is 1.46. The van der Waals surface area contributed by atoms with E-state index in [1.54, 1.807) is 0 Å². The Hall–Kier alpha value is -1.80. The largest absolute Gasteiger partial charge is 0.331 e. The van der Waals surface area contributed by atoms with E-state index in [2.05, 4.69) is 35.2 Å². The van der Waals surface area contributed by atoms with Crippen molar-refractivity contribution in [3.05, 3.63) is 70.2 Å². The molecule has 2 aromatic rings. The van der Waals surface area contributed by atoms with Gasteiger partial charge in [-0.3, -0.25) is 4.79 Å². The molecule has 0 bridgehead atoms. The second-order valence-corrected chi connectivity index (χ2v) is 9.07. The average Bonchev–Trinajstić information content (AvgIpc) is 3.29. The quantitative estimate of drug-likeness (QED) is 0.646. The first-order chi connectivity index (χ1) is 13.2. The van der Waals surface area contributed by atoms with Gasteiger partial charge in [0.05, 0.1) is 6.04 Å². The summed E-state index contributed by atoms with van der Waals surface area (Å²) in [4.78, 5) is 15.8. The zero-order valence-corrected chi connectivity index (χ0v) is 16.4. The molecule has 0 spiro atoms. The predicted molar refractivity (Wildman–Crippen MR) is 108 cm³/mol. The van der Waals surface area contributed by atoms with Crippen molar-refractivity contribution in [3.8, 4) is 0 Å². The number of nitrogens with zero attached hydrogens (tertiary/aromatic N) is 1. The molecule has 2 fully saturated rings. The Kier molecular flexibility index (Phi) is 4.47. The van der Waals surface area contributed by atoms with E-state index in [0.717, 1.165) is 36.1 Å². The van der Waals surface area contributed by atoms with Gasteiger partial charge in [0.25, 0.3) is 0 Å². The molecule has 5 rings (SSSR count). The Labute approximate surface area is 166 Å². The van der Waals surface area contributed by atoms with Crippen LogP contribution >= 0.6 is 11.6 Å². The van der Waals surface area contributed by atoms with Crippen LogP contribution in [-0.4, -0.2) is 10.8 Å². The van der Waals surface area contributed by atoms with E-state index >= 15 is 0 Å². The molecule has 0 aromatic heterocycles. The highest BCUT2D eigenvalue weighted by Gasteiger charge is 2.43. The van der Waals surface area contributed by atoms with Gasteiger partial charge in [-0.05, 0) is 59.9 Å². The highest BCUT2D eigenvalue weighted by molar-refractivity contribution is 6.30. The van der Waals surface area contributed by atoms with Crippen molar-refractivity contribution in [2.45, 2.75) is 51.1 Å². The number of hydrogen-bond acceptors (Lipinski definition) is 1. The number of amides is 1. The number of halogens is 1. The van der Waals surface area contributed by atoms with Crippen molar-refractivity contribution in [2.24, 2.45) is 17.8 Å². The fourth-order valence-corrected chi connectivity index (χ4v) is 5.95. The maximum atomic E-state index is 13.6. The molecule has 27 heavy (non-hydrogen) atoms.